The second-order valence-electron chi connectivity index (χ2n) is 4.33. The van der Waals surface area contributed by atoms with E-state index in [-0.39, 0.29) is 10.6 Å². The van der Waals surface area contributed by atoms with E-state index in [0.717, 1.165) is 30.0 Å². The first-order chi connectivity index (χ1) is 8.47. The maximum absolute atomic E-state index is 11.2. The lowest BCUT2D eigenvalue weighted by molar-refractivity contribution is 0.598. The molecule has 1 aromatic carbocycles. The molecule has 1 saturated heterocycles. The summed E-state index contributed by atoms with van der Waals surface area (Å²) < 4.78 is 22.5. The number of hydrogen-bond acceptors (Lipinski definition) is 5. The highest BCUT2D eigenvalue weighted by Gasteiger charge is 2.15. The average Bonchev–Trinajstić information content (AvgIpc) is 2.28. The van der Waals surface area contributed by atoms with Gasteiger partial charge in [-0.25, -0.2) is 13.6 Å². The maximum Gasteiger partial charge on any atom is 0.240 e. The van der Waals surface area contributed by atoms with Crippen molar-refractivity contribution in [2.24, 2.45) is 5.14 Å². The summed E-state index contributed by atoms with van der Waals surface area (Å²) in [6, 6.07) is 5.22. The van der Waals surface area contributed by atoms with Gasteiger partial charge in [0.25, 0.3) is 0 Å². The van der Waals surface area contributed by atoms with Crippen LogP contribution >= 0.6 is 11.8 Å². The standard InChI is InChI=1S/C11H17N3O2S2/c12-10-7-9(1-2-11(10)18(13,15)16)14-8-3-5-17-6-4-8/h1-2,7-8,14H,3-6,12H2,(H2,13,15,16). The third-order valence-electron chi connectivity index (χ3n) is 2.91. The Hall–Kier alpha value is -0.920. The summed E-state index contributed by atoms with van der Waals surface area (Å²) in [5, 5.41) is 8.43. The SMILES string of the molecule is Nc1cc(NC2CCSCC2)ccc1S(N)(=O)=O. The van der Waals surface area contributed by atoms with Crippen LogP contribution in [0.3, 0.4) is 0 Å². The molecule has 5 nitrogen and oxygen atoms in total. The molecule has 1 aliphatic rings. The van der Waals surface area contributed by atoms with Gasteiger partial charge in [-0.1, -0.05) is 0 Å². The Kier molecular flexibility index (Phi) is 4.04. The van der Waals surface area contributed by atoms with Gasteiger partial charge in [-0.15, -0.1) is 0 Å². The van der Waals surface area contributed by atoms with Crippen molar-refractivity contribution in [2.45, 2.75) is 23.8 Å². The van der Waals surface area contributed by atoms with Crippen LogP contribution in [0, 0.1) is 0 Å². The van der Waals surface area contributed by atoms with Crippen molar-refractivity contribution in [2.75, 3.05) is 22.6 Å². The highest BCUT2D eigenvalue weighted by atomic mass is 32.2. The molecular formula is C11H17N3O2S2. The zero-order chi connectivity index (χ0) is 13.2. The predicted molar refractivity (Wildman–Crippen MR) is 76.2 cm³/mol. The Morgan fingerprint density at radius 1 is 1.28 bits per heavy atom. The molecule has 1 aliphatic heterocycles. The largest absolute Gasteiger partial charge is 0.398 e. The molecule has 0 spiro atoms. The summed E-state index contributed by atoms with van der Waals surface area (Å²) in [5.74, 6) is 2.31. The molecule has 0 unspecified atom stereocenters. The van der Waals surface area contributed by atoms with Crippen LogP contribution in [-0.2, 0) is 10.0 Å². The second-order valence-corrected chi connectivity index (χ2v) is 7.08. The number of hydrogen-bond donors (Lipinski definition) is 3. The van der Waals surface area contributed by atoms with Crippen LogP contribution in [0.25, 0.3) is 0 Å². The molecule has 1 fully saturated rings. The van der Waals surface area contributed by atoms with E-state index in [1.807, 2.05) is 11.8 Å². The quantitative estimate of drug-likeness (QED) is 0.726. The van der Waals surface area contributed by atoms with Gasteiger partial charge < -0.3 is 11.1 Å². The number of nitrogen functional groups attached to an aromatic ring is 1. The molecule has 0 radical (unpaired) electrons. The first kappa shape index (κ1) is 13.5. The molecule has 7 heteroatoms. The van der Waals surface area contributed by atoms with Gasteiger partial charge in [0.1, 0.15) is 4.90 Å². The number of thioether (sulfide) groups is 1. The first-order valence-electron chi connectivity index (χ1n) is 5.73. The molecule has 5 N–H and O–H groups in total. The first-order valence-corrected chi connectivity index (χ1v) is 8.43. The summed E-state index contributed by atoms with van der Waals surface area (Å²) in [7, 11) is -3.74. The highest BCUT2D eigenvalue weighted by molar-refractivity contribution is 7.99. The molecule has 1 heterocycles. The van der Waals surface area contributed by atoms with Crippen molar-refractivity contribution in [1.29, 1.82) is 0 Å². The van der Waals surface area contributed by atoms with E-state index < -0.39 is 10.0 Å². The van der Waals surface area contributed by atoms with Crippen LogP contribution in [0.15, 0.2) is 23.1 Å². The summed E-state index contributed by atoms with van der Waals surface area (Å²) in [5.41, 5.74) is 6.74. The molecule has 0 atom stereocenters. The minimum absolute atomic E-state index is 0.0211. The summed E-state index contributed by atoms with van der Waals surface area (Å²) >= 11 is 1.96. The van der Waals surface area contributed by atoms with E-state index in [4.69, 9.17) is 10.9 Å². The monoisotopic (exact) mass is 287 g/mol. The number of sulfonamides is 1. The van der Waals surface area contributed by atoms with Crippen molar-refractivity contribution in [3.63, 3.8) is 0 Å². The lowest BCUT2D eigenvalue weighted by atomic mass is 10.1. The Morgan fingerprint density at radius 3 is 2.50 bits per heavy atom. The van der Waals surface area contributed by atoms with Gasteiger partial charge in [0.2, 0.25) is 10.0 Å². The smallest absolute Gasteiger partial charge is 0.240 e. The van der Waals surface area contributed by atoms with Gasteiger partial charge in [-0.2, -0.15) is 11.8 Å². The van der Waals surface area contributed by atoms with Crippen molar-refractivity contribution >= 4 is 33.2 Å². The molecule has 1 aromatic rings. The van der Waals surface area contributed by atoms with E-state index in [0.29, 0.717) is 6.04 Å². The van der Waals surface area contributed by atoms with Gasteiger partial charge in [-0.3, -0.25) is 0 Å². The third-order valence-corrected chi connectivity index (χ3v) is 4.94. The number of nitrogens with two attached hydrogens (primary N) is 2. The fourth-order valence-electron chi connectivity index (χ4n) is 1.97. The molecule has 0 bridgehead atoms. The average molecular weight is 287 g/mol. The second kappa shape index (κ2) is 5.38. The van der Waals surface area contributed by atoms with Crippen molar-refractivity contribution in [3.8, 4) is 0 Å². The van der Waals surface area contributed by atoms with Gasteiger partial charge >= 0.3 is 0 Å². The maximum atomic E-state index is 11.2. The molecule has 0 saturated carbocycles. The number of benzene rings is 1. The minimum atomic E-state index is -3.74. The summed E-state index contributed by atoms with van der Waals surface area (Å²) in [4.78, 5) is -0.0211. The molecule has 2 rings (SSSR count). The molecule has 0 aliphatic carbocycles. The third kappa shape index (κ3) is 3.30. The summed E-state index contributed by atoms with van der Waals surface area (Å²) in [6.45, 7) is 0. The van der Waals surface area contributed by atoms with Crippen LogP contribution < -0.4 is 16.2 Å². The normalized spacial score (nSPS) is 17.6. The Morgan fingerprint density at radius 2 is 1.94 bits per heavy atom. The lowest BCUT2D eigenvalue weighted by Crippen LogP contribution is -2.24. The fourth-order valence-corrected chi connectivity index (χ4v) is 3.73. The van der Waals surface area contributed by atoms with Crippen LogP contribution in [0.4, 0.5) is 11.4 Å². The number of primary sulfonamides is 1. The summed E-state index contributed by atoms with van der Waals surface area (Å²) in [6.07, 6.45) is 2.23. The van der Waals surface area contributed by atoms with Gasteiger partial charge in [0.15, 0.2) is 0 Å². The fraction of sp³-hybridized carbons (Fsp3) is 0.455. The zero-order valence-electron chi connectivity index (χ0n) is 9.93. The van der Waals surface area contributed by atoms with Crippen molar-refractivity contribution < 1.29 is 8.42 Å². The molecule has 0 amide bonds. The van der Waals surface area contributed by atoms with Crippen molar-refractivity contribution in [3.05, 3.63) is 18.2 Å². The Bertz CT molecular complexity index is 525. The van der Waals surface area contributed by atoms with Crippen LogP contribution in [0.1, 0.15) is 12.8 Å². The molecular weight excluding hydrogens is 270 g/mol. The van der Waals surface area contributed by atoms with Crippen LogP contribution in [0.2, 0.25) is 0 Å². The molecule has 18 heavy (non-hydrogen) atoms. The number of anilines is 2. The molecule has 100 valence electrons. The zero-order valence-corrected chi connectivity index (χ0v) is 11.6. The highest BCUT2D eigenvalue weighted by Crippen LogP contribution is 2.25. The Labute approximate surface area is 111 Å². The van der Waals surface area contributed by atoms with Crippen LogP contribution in [0.5, 0.6) is 0 Å². The van der Waals surface area contributed by atoms with Gasteiger partial charge in [0, 0.05) is 11.7 Å². The van der Waals surface area contributed by atoms with E-state index >= 15 is 0 Å². The lowest BCUT2D eigenvalue weighted by Gasteiger charge is -2.23. The number of nitrogens with one attached hydrogen (secondary N) is 1. The van der Waals surface area contributed by atoms with E-state index in [2.05, 4.69) is 5.32 Å². The predicted octanol–water partition coefficient (Wildman–Crippen LogP) is 1.22. The van der Waals surface area contributed by atoms with Crippen LogP contribution in [-0.4, -0.2) is 26.0 Å². The van der Waals surface area contributed by atoms with E-state index in [1.54, 1.807) is 12.1 Å². The van der Waals surface area contributed by atoms with E-state index in [1.165, 1.54) is 6.07 Å². The van der Waals surface area contributed by atoms with E-state index in [9.17, 15) is 8.42 Å². The van der Waals surface area contributed by atoms with Gasteiger partial charge in [0.05, 0.1) is 5.69 Å². The van der Waals surface area contributed by atoms with Gasteiger partial charge in [-0.05, 0) is 42.5 Å². The van der Waals surface area contributed by atoms with Crippen molar-refractivity contribution in [1.82, 2.24) is 0 Å². The Balaban J connectivity index is 2.13. The topological polar surface area (TPSA) is 98.2 Å². The number of rotatable bonds is 3. The molecule has 0 aromatic heterocycles. The minimum Gasteiger partial charge on any atom is -0.398 e.